The van der Waals surface area contributed by atoms with Crippen molar-refractivity contribution < 1.29 is 9.59 Å². The molecule has 0 bridgehead atoms. The van der Waals surface area contributed by atoms with Crippen LogP contribution in [0.5, 0.6) is 0 Å². The molecule has 2 heterocycles. The highest BCUT2D eigenvalue weighted by Gasteiger charge is 2.34. The molecule has 1 aromatic heterocycles. The van der Waals surface area contributed by atoms with Gasteiger partial charge in [-0.25, -0.2) is 4.98 Å². The summed E-state index contributed by atoms with van der Waals surface area (Å²) in [6.45, 7) is 0.511. The van der Waals surface area contributed by atoms with Crippen LogP contribution in [0.2, 0.25) is 0 Å². The van der Waals surface area contributed by atoms with Gasteiger partial charge in [-0.1, -0.05) is 48.9 Å². The lowest BCUT2D eigenvalue weighted by Crippen LogP contribution is -2.30. The smallest absolute Gasteiger partial charge is 0.261 e. The summed E-state index contributed by atoms with van der Waals surface area (Å²) >= 11 is 3.56. The van der Waals surface area contributed by atoms with E-state index in [1.54, 1.807) is 35.6 Å². The van der Waals surface area contributed by atoms with E-state index in [0.717, 1.165) is 41.3 Å². The van der Waals surface area contributed by atoms with Gasteiger partial charge in [-0.3, -0.25) is 14.5 Å². The van der Waals surface area contributed by atoms with Crippen LogP contribution in [0.4, 0.5) is 0 Å². The van der Waals surface area contributed by atoms with Crippen molar-refractivity contribution in [2.24, 2.45) is 0 Å². The summed E-state index contributed by atoms with van der Waals surface area (Å²) in [4.78, 5) is 30.6. The van der Waals surface area contributed by atoms with E-state index in [-0.39, 0.29) is 11.8 Å². The average Bonchev–Trinajstić information content (AvgIpc) is 3.21. The number of amides is 2. The predicted molar refractivity (Wildman–Crippen MR) is 111 cm³/mol. The van der Waals surface area contributed by atoms with E-state index in [9.17, 15) is 9.59 Å². The van der Waals surface area contributed by atoms with Gasteiger partial charge < -0.3 is 0 Å². The Morgan fingerprint density at radius 2 is 1.52 bits per heavy atom. The highest BCUT2D eigenvalue weighted by atomic mass is 32.2. The normalized spacial score (nSPS) is 13.6. The predicted octanol–water partition coefficient (Wildman–Crippen LogP) is 5.25. The first-order chi connectivity index (χ1) is 13.2. The first-order valence-corrected chi connectivity index (χ1v) is 11.0. The molecule has 0 fully saturated rings. The fraction of sp³-hybridized carbons (Fsp3) is 0.286. The maximum absolute atomic E-state index is 12.3. The number of unbranched alkanes of at least 4 members (excludes halogenated alkanes) is 3. The SMILES string of the molecule is O=C1c2ccccc2C(=O)N1CCCCCCSc1nc2ccccc2s1. The van der Waals surface area contributed by atoms with Gasteiger partial charge in [-0.2, -0.15) is 0 Å². The zero-order valence-electron chi connectivity index (χ0n) is 14.9. The van der Waals surface area contributed by atoms with E-state index < -0.39 is 0 Å². The lowest BCUT2D eigenvalue weighted by molar-refractivity contribution is 0.0651. The zero-order chi connectivity index (χ0) is 18.6. The van der Waals surface area contributed by atoms with E-state index in [0.29, 0.717) is 17.7 Å². The molecule has 1 aliphatic rings. The minimum atomic E-state index is -0.151. The first-order valence-electron chi connectivity index (χ1n) is 9.17. The topological polar surface area (TPSA) is 50.3 Å². The number of carbonyl (C=O) groups is 2. The molecule has 0 saturated carbocycles. The van der Waals surface area contributed by atoms with Crippen molar-refractivity contribution in [3.05, 3.63) is 59.7 Å². The molecule has 3 aromatic rings. The largest absolute Gasteiger partial charge is 0.274 e. The lowest BCUT2D eigenvalue weighted by Gasteiger charge is -2.13. The maximum Gasteiger partial charge on any atom is 0.261 e. The van der Waals surface area contributed by atoms with Crippen LogP contribution >= 0.6 is 23.1 Å². The fourth-order valence-electron chi connectivity index (χ4n) is 3.24. The van der Waals surface area contributed by atoms with Crippen LogP contribution in [-0.2, 0) is 0 Å². The Balaban J connectivity index is 1.16. The van der Waals surface area contributed by atoms with Crippen LogP contribution in [0.15, 0.2) is 52.9 Å². The van der Waals surface area contributed by atoms with Crippen molar-refractivity contribution in [2.45, 2.75) is 30.0 Å². The summed E-state index contributed by atoms with van der Waals surface area (Å²) in [5, 5.41) is 0. The Hall–Kier alpha value is -2.18. The van der Waals surface area contributed by atoms with Crippen molar-refractivity contribution in [1.82, 2.24) is 9.88 Å². The molecular formula is C21H20N2O2S2. The van der Waals surface area contributed by atoms with Crippen LogP contribution in [0, 0.1) is 0 Å². The van der Waals surface area contributed by atoms with Crippen molar-refractivity contribution in [2.75, 3.05) is 12.3 Å². The van der Waals surface area contributed by atoms with Gasteiger partial charge in [0, 0.05) is 12.3 Å². The Kier molecular flexibility index (Phi) is 5.55. The molecule has 0 aliphatic carbocycles. The molecule has 0 atom stereocenters. The van der Waals surface area contributed by atoms with Crippen molar-refractivity contribution in [1.29, 1.82) is 0 Å². The molecule has 0 unspecified atom stereocenters. The summed E-state index contributed by atoms with van der Waals surface area (Å²) in [6, 6.07) is 15.3. The van der Waals surface area contributed by atoms with Crippen LogP contribution in [0.1, 0.15) is 46.4 Å². The minimum Gasteiger partial charge on any atom is -0.274 e. The molecule has 4 rings (SSSR count). The third kappa shape index (κ3) is 3.92. The van der Waals surface area contributed by atoms with Gasteiger partial charge >= 0.3 is 0 Å². The van der Waals surface area contributed by atoms with E-state index in [4.69, 9.17) is 0 Å². The molecule has 4 nitrogen and oxygen atoms in total. The number of aromatic nitrogens is 1. The van der Waals surface area contributed by atoms with Crippen LogP contribution < -0.4 is 0 Å². The molecular weight excluding hydrogens is 376 g/mol. The fourth-order valence-corrected chi connectivity index (χ4v) is 5.38. The molecule has 0 radical (unpaired) electrons. The van der Waals surface area contributed by atoms with Crippen molar-refractivity contribution in [3.63, 3.8) is 0 Å². The van der Waals surface area contributed by atoms with Gasteiger partial charge in [0.1, 0.15) is 0 Å². The number of rotatable bonds is 8. The highest BCUT2D eigenvalue weighted by Crippen LogP contribution is 2.30. The molecule has 0 spiro atoms. The second-order valence-corrected chi connectivity index (χ2v) is 8.89. The quantitative estimate of drug-likeness (QED) is 0.297. The summed E-state index contributed by atoms with van der Waals surface area (Å²) in [7, 11) is 0. The van der Waals surface area contributed by atoms with Gasteiger partial charge in [-0.15, -0.1) is 11.3 Å². The number of thiazole rings is 1. The Bertz CT molecular complexity index is 915. The number of carbonyl (C=O) groups excluding carboxylic acids is 2. The number of benzene rings is 2. The molecule has 2 amide bonds. The van der Waals surface area contributed by atoms with E-state index in [1.807, 2.05) is 23.9 Å². The van der Waals surface area contributed by atoms with Gasteiger partial charge in [-0.05, 0) is 37.1 Å². The number of fused-ring (bicyclic) bond motifs is 2. The number of thioether (sulfide) groups is 1. The summed E-state index contributed by atoms with van der Waals surface area (Å²) in [6.07, 6.45) is 4.09. The van der Waals surface area contributed by atoms with Gasteiger partial charge in [0.15, 0.2) is 4.34 Å². The Labute approximate surface area is 166 Å². The highest BCUT2D eigenvalue weighted by molar-refractivity contribution is 8.01. The van der Waals surface area contributed by atoms with Crippen molar-refractivity contribution >= 4 is 45.1 Å². The number of hydrogen-bond donors (Lipinski definition) is 0. The third-order valence-corrected chi connectivity index (χ3v) is 6.92. The van der Waals surface area contributed by atoms with Gasteiger partial charge in [0.25, 0.3) is 11.8 Å². The average molecular weight is 397 g/mol. The standard InChI is InChI=1S/C21H20N2O2S2/c24-19-15-9-3-4-10-16(15)20(25)23(19)13-7-1-2-8-14-26-21-22-17-11-5-6-12-18(17)27-21/h3-6,9-12H,1-2,7-8,13-14H2. The monoisotopic (exact) mass is 396 g/mol. The molecule has 0 N–H and O–H groups in total. The molecule has 1 aliphatic heterocycles. The van der Waals surface area contributed by atoms with Gasteiger partial charge in [0.05, 0.1) is 21.3 Å². The van der Waals surface area contributed by atoms with Gasteiger partial charge in [0.2, 0.25) is 0 Å². The van der Waals surface area contributed by atoms with Crippen molar-refractivity contribution in [3.8, 4) is 0 Å². The number of hydrogen-bond acceptors (Lipinski definition) is 5. The lowest BCUT2D eigenvalue weighted by atomic mass is 10.1. The molecule has 0 saturated heterocycles. The summed E-state index contributed by atoms with van der Waals surface area (Å²) in [5.74, 6) is 0.747. The van der Waals surface area contributed by atoms with Crippen LogP contribution in [0.25, 0.3) is 10.2 Å². The maximum atomic E-state index is 12.3. The van der Waals surface area contributed by atoms with E-state index in [1.165, 1.54) is 9.60 Å². The minimum absolute atomic E-state index is 0.151. The van der Waals surface area contributed by atoms with E-state index >= 15 is 0 Å². The van der Waals surface area contributed by atoms with Crippen LogP contribution in [0.3, 0.4) is 0 Å². The summed E-state index contributed by atoms with van der Waals surface area (Å²) in [5.41, 5.74) is 2.15. The number of imide groups is 1. The van der Waals surface area contributed by atoms with Crippen LogP contribution in [-0.4, -0.2) is 34.0 Å². The molecule has 138 valence electrons. The Morgan fingerprint density at radius 1 is 0.852 bits per heavy atom. The van der Waals surface area contributed by atoms with E-state index in [2.05, 4.69) is 17.1 Å². The molecule has 27 heavy (non-hydrogen) atoms. The number of para-hydroxylation sites is 1. The Morgan fingerprint density at radius 3 is 2.26 bits per heavy atom. The first kappa shape index (κ1) is 18.2. The summed E-state index contributed by atoms with van der Waals surface area (Å²) < 4.78 is 2.36. The second kappa shape index (κ2) is 8.23. The molecule has 6 heteroatoms. The third-order valence-electron chi connectivity index (χ3n) is 4.65. The number of nitrogens with zero attached hydrogens (tertiary/aromatic N) is 2. The second-order valence-electron chi connectivity index (χ2n) is 6.52. The zero-order valence-corrected chi connectivity index (χ0v) is 16.5. The molecule has 2 aromatic carbocycles.